The van der Waals surface area contributed by atoms with Crippen molar-refractivity contribution >= 4 is 5.91 Å². The maximum absolute atomic E-state index is 10.6. The van der Waals surface area contributed by atoms with Crippen LogP contribution in [0.15, 0.2) is 11.8 Å². The second kappa shape index (κ2) is 2.50. The van der Waals surface area contributed by atoms with Crippen LogP contribution in [-0.2, 0) is 14.6 Å². The molecule has 9 heavy (non-hydrogen) atoms. The summed E-state index contributed by atoms with van der Waals surface area (Å²) in [6.45, 7) is 0.322. The van der Waals surface area contributed by atoms with Crippen LogP contribution in [0, 0.1) is 7.05 Å². The first-order valence-electron chi connectivity index (χ1n) is 2.41. The lowest BCUT2D eigenvalue weighted by Gasteiger charge is -1.96. The molecule has 0 aromatic rings. The standard InChI is InChI=1S/C5H6NO3/c1-6-5(7)4-2-3-8-9-4/h2H,1,3H2,(H,6,7). The van der Waals surface area contributed by atoms with Gasteiger partial charge in [0.2, 0.25) is 5.76 Å². The lowest BCUT2D eigenvalue weighted by molar-refractivity contribution is -0.233. The van der Waals surface area contributed by atoms with Gasteiger partial charge in [-0.05, 0) is 6.08 Å². The summed E-state index contributed by atoms with van der Waals surface area (Å²) in [5.41, 5.74) is 0. The first kappa shape index (κ1) is 6.10. The molecule has 1 heterocycles. The van der Waals surface area contributed by atoms with Gasteiger partial charge in [0.15, 0.2) is 0 Å². The van der Waals surface area contributed by atoms with Gasteiger partial charge in [-0.3, -0.25) is 4.79 Å². The van der Waals surface area contributed by atoms with E-state index in [1.807, 2.05) is 0 Å². The van der Waals surface area contributed by atoms with Gasteiger partial charge in [0.25, 0.3) is 5.91 Å². The molecule has 1 N–H and O–H groups in total. The number of rotatable bonds is 1. The van der Waals surface area contributed by atoms with E-state index in [1.165, 1.54) is 6.08 Å². The van der Waals surface area contributed by atoms with E-state index < -0.39 is 0 Å². The number of amides is 1. The minimum atomic E-state index is -0.368. The predicted octanol–water partition coefficient (Wildman–Crippen LogP) is -0.260. The molecule has 0 spiro atoms. The fraction of sp³-hybridized carbons (Fsp3) is 0.200. The highest BCUT2D eigenvalue weighted by Crippen LogP contribution is 2.04. The summed E-state index contributed by atoms with van der Waals surface area (Å²) >= 11 is 0. The highest BCUT2D eigenvalue weighted by molar-refractivity contribution is 5.91. The Balaban J connectivity index is 2.51. The second-order valence-corrected chi connectivity index (χ2v) is 1.44. The Morgan fingerprint density at radius 3 is 3.11 bits per heavy atom. The second-order valence-electron chi connectivity index (χ2n) is 1.44. The molecule has 49 valence electrons. The van der Waals surface area contributed by atoms with Gasteiger partial charge in [0.05, 0.1) is 0 Å². The largest absolute Gasteiger partial charge is 0.347 e. The number of carbonyl (C=O) groups is 1. The molecule has 0 fully saturated rings. The quantitative estimate of drug-likeness (QED) is 0.495. The third-order valence-corrected chi connectivity index (χ3v) is 0.870. The van der Waals surface area contributed by atoms with Crippen LogP contribution in [0.3, 0.4) is 0 Å². The van der Waals surface area contributed by atoms with E-state index in [4.69, 9.17) is 0 Å². The van der Waals surface area contributed by atoms with Crippen molar-refractivity contribution in [2.75, 3.05) is 6.61 Å². The normalized spacial score (nSPS) is 16.3. The van der Waals surface area contributed by atoms with Crippen molar-refractivity contribution in [3.05, 3.63) is 18.9 Å². The lowest BCUT2D eigenvalue weighted by Crippen LogP contribution is -2.17. The Labute approximate surface area is 52.4 Å². The SMILES string of the molecule is [CH2]NC(=O)C1=CCOO1. The average molecular weight is 128 g/mol. The van der Waals surface area contributed by atoms with E-state index in [0.29, 0.717) is 6.61 Å². The molecular formula is C5H6NO3. The topological polar surface area (TPSA) is 47.6 Å². The van der Waals surface area contributed by atoms with E-state index in [0.717, 1.165) is 0 Å². The molecule has 4 nitrogen and oxygen atoms in total. The first-order valence-corrected chi connectivity index (χ1v) is 2.41. The molecule has 0 unspecified atom stereocenters. The van der Waals surface area contributed by atoms with E-state index in [2.05, 4.69) is 22.1 Å². The molecule has 0 atom stereocenters. The minimum absolute atomic E-state index is 0.171. The minimum Gasteiger partial charge on any atom is -0.347 e. The Morgan fingerprint density at radius 2 is 2.67 bits per heavy atom. The van der Waals surface area contributed by atoms with Crippen molar-refractivity contribution in [2.24, 2.45) is 0 Å². The highest BCUT2D eigenvalue weighted by Gasteiger charge is 2.13. The Bertz CT molecular complexity index is 152. The molecule has 0 saturated carbocycles. The van der Waals surface area contributed by atoms with Crippen LogP contribution in [0.5, 0.6) is 0 Å². The lowest BCUT2D eigenvalue weighted by atomic mass is 10.4. The highest BCUT2D eigenvalue weighted by atomic mass is 17.2. The summed E-state index contributed by atoms with van der Waals surface area (Å²) in [6.07, 6.45) is 1.53. The molecular weight excluding hydrogens is 122 g/mol. The average Bonchev–Trinajstić information content (AvgIpc) is 2.37. The summed E-state index contributed by atoms with van der Waals surface area (Å²) < 4.78 is 0. The Kier molecular flexibility index (Phi) is 1.69. The van der Waals surface area contributed by atoms with Crippen molar-refractivity contribution in [3.63, 3.8) is 0 Å². The van der Waals surface area contributed by atoms with Crippen LogP contribution < -0.4 is 5.32 Å². The van der Waals surface area contributed by atoms with Crippen LogP contribution in [-0.4, -0.2) is 12.5 Å². The summed E-state index contributed by atoms with van der Waals surface area (Å²) in [6, 6.07) is 0. The number of nitrogens with one attached hydrogen (secondary N) is 1. The summed E-state index contributed by atoms with van der Waals surface area (Å²) in [5, 5.41) is 2.14. The van der Waals surface area contributed by atoms with Crippen molar-refractivity contribution < 1.29 is 14.6 Å². The van der Waals surface area contributed by atoms with Gasteiger partial charge in [-0.2, -0.15) is 4.89 Å². The van der Waals surface area contributed by atoms with Crippen LogP contribution in [0.2, 0.25) is 0 Å². The number of carbonyl (C=O) groups excluding carboxylic acids is 1. The van der Waals surface area contributed by atoms with Crippen molar-refractivity contribution in [1.82, 2.24) is 5.32 Å². The fourth-order valence-corrected chi connectivity index (χ4v) is 0.459. The molecule has 1 rings (SSSR count). The van der Waals surface area contributed by atoms with Crippen LogP contribution in [0.1, 0.15) is 0 Å². The van der Waals surface area contributed by atoms with Gasteiger partial charge in [0.1, 0.15) is 6.61 Å². The summed E-state index contributed by atoms with van der Waals surface area (Å²) in [4.78, 5) is 19.4. The summed E-state index contributed by atoms with van der Waals surface area (Å²) in [7, 11) is 3.15. The third kappa shape index (κ3) is 1.20. The molecule has 0 bridgehead atoms. The number of hydrogen-bond donors (Lipinski definition) is 1. The molecule has 0 saturated heterocycles. The number of hydrogen-bond acceptors (Lipinski definition) is 3. The predicted molar refractivity (Wildman–Crippen MR) is 28.6 cm³/mol. The maximum atomic E-state index is 10.6. The molecule has 1 aliphatic rings. The molecule has 1 radical (unpaired) electrons. The van der Waals surface area contributed by atoms with Gasteiger partial charge in [-0.15, -0.1) is 0 Å². The Hall–Kier alpha value is -1.03. The van der Waals surface area contributed by atoms with Crippen LogP contribution in [0.25, 0.3) is 0 Å². The van der Waals surface area contributed by atoms with Crippen molar-refractivity contribution in [3.8, 4) is 0 Å². The van der Waals surface area contributed by atoms with Gasteiger partial charge >= 0.3 is 0 Å². The van der Waals surface area contributed by atoms with Gasteiger partial charge in [-0.25, -0.2) is 0 Å². The zero-order chi connectivity index (χ0) is 6.69. The van der Waals surface area contributed by atoms with Gasteiger partial charge in [-0.1, -0.05) is 0 Å². The molecule has 1 aliphatic heterocycles. The molecule has 0 aliphatic carbocycles. The maximum Gasteiger partial charge on any atom is 0.290 e. The van der Waals surface area contributed by atoms with E-state index >= 15 is 0 Å². The van der Waals surface area contributed by atoms with Gasteiger partial charge in [0, 0.05) is 7.05 Å². The zero-order valence-electron chi connectivity index (χ0n) is 4.72. The van der Waals surface area contributed by atoms with E-state index in [9.17, 15) is 4.79 Å². The van der Waals surface area contributed by atoms with E-state index in [-0.39, 0.29) is 11.7 Å². The van der Waals surface area contributed by atoms with Crippen molar-refractivity contribution in [1.29, 1.82) is 0 Å². The van der Waals surface area contributed by atoms with Crippen LogP contribution >= 0.6 is 0 Å². The van der Waals surface area contributed by atoms with E-state index in [1.54, 1.807) is 0 Å². The molecule has 0 aromatic carbocycles. The molecule has 0 aromatic heterocycles. The first-order chi connectivity index (χ1) is 4.34. The third-order valence-electron chi connectivity index (χ3n) is 0.870. The molecule has 1 amide bonds. The summed E-state index contributed by atoms with van der Waals surface area (Å²) in [5.74, 6) is -0.197. The zero-order valence-corrected chi connectivity index (χ0v) is 4.72. The van der Waals surface area contributed by atoms with Gasteiger partial charge < -0.3 is 10.2 Å². The fourth-order valence-electron chi connectivity index (χ4n) is 0.459. The smallest absolute Gasteiger partial charge is 0.290 e. The molecule has 4 heteroatoms. The monoisotopic (exact) mass is 128 g/mol. The Morgan fingerprint density at radius 1 is 1.89 bits per heavy atom. The van der Waals surface area contributed by atoms with Crippen molar-refractivity contribution in [2.45, 2.75) is 0 Å². The van der Waals surface area contributed by atoms with Crippen LogP contribution in [0.4, 0.5) is 0 Å².